The molecule has 0 radical (unpaired) electrons. The van der Waals surface area contributed by atoms with Crippen LogP contribution >= 0.6 is 27.3 Å². The van der Waals surface area contributed by atoms with Crippen LogP contribution in [-0.4, -0.2) is 15.9 Å². The third-order valence-corrected chi connectivity index (χ3v) is 4.80. The molecule has 0 saturated heterocycles. The largest absolute Gasteiger partial charge is 0.326 e. The van der Waals surface area contributed by atoms with Crippen LogP contribution in [0.15, 0.2) is 45.1 Å². The number of carbonyl (C=O) groups excluding carboxylic acids is 1. The van der Waals surface area contributed by atoms with Crippen LogP contribution in [0.2, 0.25) is 0 Å². The van der Waals surface area contributed by atoms with Gasteiger partial charge in [-0.3, -0.25) is 9.59 Å². The maximum atomic E-state index is 12.3. The molecule has 0 fully saturated rings. The maximum absolute atomic E-state index is 12.3. The van der Waals surface area contributed by atoms with Gasteiger partial charge in [-0.25, -0.2) is 4.98 Å². The Bertz CT molecular complexity index is 978. The number of carbonyl (C=O) groups is 1. The molecule has 3 rings (SSSR count). The minimum absolute atomic E-state index is 0.176. The van der Waals surface area contributed by atoms with Gasteiger partial charge < -0.3 is 10.3 Å². The van der Waals surface area contributed by atoms with Crippen LogP contribution in [0.1, 0.15) is 21.6 Å². The van der Waals surface area contributed by atoms with Crippen LogP contribution in [0, 0.1) is 13.8 Å². The summed E-state index contributed by atoms with van der Waals surface area (Å²) in [5, 5.41) is 5.06. The third kappa shape index (κ3) is 3.47. The Balaban J connectivity index is 1.86. The maximum Gasteiger partial charge on any atom is 0.275 e. The van der Waals surface area contributed by atoms with Gasteiger partial charge >= 0.3 is 0 Å². The molecule has 5 nitrogen and oxygen atoms in total. The first-order valence-electron chi connectivity index (χ1n) is 7.17. The van der Waals surface area contributed by atoms with Gasteiger partial charge in [0.2, 0.25) is 0 Å². The van der Waals surface area contributed by atoms with Gasteiger partial charge in [0.15, 0.2) is 0 Å². The number of aryl methyl sites for hydroxylation is 2. The number of nitrogens with zero attached hydrogens (tertiary/aromatic N) is 1. The van der Waals surface area contributed by atoms with Crippen LogP contribution in [-0.2, 0) is 0 Å². The number of aromatic amines is 1. The number of aromatic nitrogens is 2. The minimum Gasteiger partial charge on any atom is -0.326 e. The fourth-order valence-corrected chi connectivity index (χ4v) is 3.53. The Kier molecular flexibility index (Phi) is 4.64. The number of hydrogen-bond donors (Lipinski definition) is 2. The minimum atomic E-state index is -0.411. The van der Waals surface area contributed by atoms with Crippen molar-refractivity contribution in [2.45, 2.75) is 13.8 Å². The smallest absolute Gasteiger partial charge is 0.275 e. The first kappa shape index (κ1) is 16.6. The van der Waals surface area contributed by atoms with Crippen molar-refractivity contribution in [3.63, 3.8) is 0 Å². The quantitative estimate of drug-likeness (QED) is 0.690. The van der Waals surface area contributed by atoms with Gasteiger partial charge in [-0.2, -0.15) is 0 Å². The van der Waals surface area contributed by atoms with E-state index in [4.69, 9.17) is 0 Å². The molecule has 1 aromatic carbocycles. The standard InChI is InChI=1S/C17H14BrN3O2S/c1-9-3-4-12(10(2)5-9)17-21-14(8-24-17)16(23)20-13-6-11(18)7-19-15(13)22/h3-8H,1-2H3,(H,19,22)(H,20,23). The normalized spacial score (nSPS) is 10.6. The lowest BCUT2D eigenvalue weighted by Crippen LogP contribution is -2.19. The van der Waals surface area contributed by atoms with E-state index in [-0.39, 0.29) is 16.9 Å². The van der Waals surface area contributed by atoms with Gasteiger partial charge in [0.05, 0.1) is 0 Å². The topological polar surface area (TPSA) is 74.8 Å². The number of pyridine rings is 1. The van der Waals surface area contributed by atoms with E-state index in [1.54, 1.807) is 11.4 Å². The molecule has 0 unspecified atom stereocenters. The monoisotopic (exact) mass is 403 g/mol. The highest BCUT2D eigenvalue weighted by molar-refractivity contribution is 9.10. The van der Waals surface area contributed by atoms with Crippen molar-refractivity contribution in [1.29, 1.82) is 0 Å². The highest BCUT2D eigenvalue weighted by atomic mass is 79.9. The van der Waals surface area contributed by atoms with Gasteiger partial charge in [0.1, 0.15) is 16.4 Å². The molecule has 2 aromatic heterocycles. The zero-order valence-corrected chi connectivity index (χ0v) is 15.4. The average Bonchev–Trinajstić information content (AvgIpc) is 3.00. The number of H-pyrrole nitrogens is 1. The number of benzene rings is 1. The van der Waals surface area contributed by atoms with Crippen LogP contribution < -0.4 is 10.9 Å². The van der Waals surface area contributed by atoms with Gasteiger partial charge in [0.25, 0.3) is 11.5 Å². The fraction of sp³-hybridized carbons (Fsp3) is 0.118. The predicted octanol–water partition coefficient (Wildman–Crippen LogP) is 4.13. The van der Waals surface area contributed by atoms with Crippen molar-refractivity contribution in [2.75, 3.05) is 5.32 Å². The average molecular weight is 404 g/mol. The molecule has 0 aliphatic rings. The summed E-state index contributed by atoms with van der Waals surface area (Å²) in [4.78, 5) is 31.0. The molecule has 0 saturated carbocycles. The molecule has 122 valence electrons. The lowest BCUT2D eigenvalue weighted by Gasteiger charge is -2.04. The van der Waals surface area contributed by atoms with Crippen LogP contribution in [0.3, 0.4) is 0 Å². The molecule has 24 heavy (non-hydrogen) atoms. The molecule has 7 heteroatoms. The second-order valence-corrected chi connectivity index (χ2v) is 7.14. The van der Waals surface area contributed by atoms with E-state index in [1.807, 2.05) is 26.0 Å². The number of nitrogens with one attached hydrogen (secondary N) is 2. The molecule has 2 heterocycles. The molecule has 0 atom stereocenters. The number of hydrogen-bond acceptors (Lipinski definition) is 4. The van der Waals surface area contributed by atoms with E-state index in [0.717, 1.165) is 16.1 Å². The van der Waals surface area contributed by atoms with E-state index < -0.39 is 5.91 Å². The third-order valence-electron chi connectivity index (χ3n) is 3.47. The van der Waals surface area contributed by atoms with Gasteiger partial charge in [-0.15, -0.1) is 11.3 Å². The van der Waals surface area contributed by atoms with Crippen molar-refractivity contribution in [2.24, 2.45) is 0 Å². The molecular weight excluding hydrogens is 390 g/mol. The number of rotatable bonds is 3. The van der Waals surface area contributed by atoms with E-state index in [9.17, 15) is 9.59 Å². The number of thiazole rings is 1. The van der Waals surface area contributed by atoms with E-state index in [0.29, 0.717) is 4.47 Å². The van der Waals surface area contributed by atoms with Crippen molar-refractivity contribution in [3.8, 4) is 10.6 Å². The Morgan fingerprint density at radius 1 is 1.29 bits per heavy atom. The number of amides is 1. The first-order chi connectivity index (χ1) is 11.4. The molecule has 2 N–H and O–H groups in total. The zero-order chi connectivity index (χ0) is 17.3. The summed E-state index contributed by atoms with van der Waals surface area (Å²) in [6.45, 7) is 4.05. The predicted molar refractivity (Wildman–Crippen MR) is 99.7 cm³/mol. The van der Waals surface area contributed by atoms with E-state index in [2.05, 4.69) is 37.3 Å². The van der Waals surface area contributed by atoms with E-state index in [1.165, 1.54) is 23.1 Å². The Morgan fingerprint density at radius 2 is 2.08 bits per heavy atom. The summed E-state index contributed by atoms with van der Waals surface area (Å²) in [7, 11) is 0. The summed E-state index contributed by atoms with van der Waals surface area (Å²) in [5.74, 6) is -0.411. The molecule has 0 bridgehead atoms. The fourth-order valence-electron chi connectivity index (χ4n) is 2.29. The summed E-state index contributed by atoms with van der Waals surface area (Å²) in [6, 6.07) is 7.65. The van der Waals surface area contributed by atoms with Gasteiger partial charge in [-0.05, 0) is 41.4 Å². The van der Waals surface area contributed by atoms with Crippen molar-refractivity contribution in [3.05, 3.63) is 67.5 Å². The second-order valence-electron chi connectivity index (χ2n) is 5.37. The van der Waals surface area contributed by atoms with Gasteiger partial charge in [-0.1, -0.05) is 23.8 Å². The Hall–Kier alpha value is -2.25. The van der Waals surface area contributed by atoms with Crippen LogP contribution in [0.4, 0.5) is 5.69 Å². The lowest BCUT2D eigenvalue weighted by molar-refractivity contribution is 0.102. The number of anilines is 1. The summed E-state index contributed by atoms with van der Waals surface area (Å²) in [6.07, 6.45) is 1.51. The van der Waals surface area contributed by atoms with Crippen LogP contribution in [0.5, 0.6) is 0 Å². The van der Waals surface area contributed by atoms with Crippen molar-refractivity contribution >= 4 is 38.9 Å². The number of halogens is 1. The molecule has 3 aromatic rings. The van der Waals surface area contributed by atoms with Crippen molar-refractivity contribution < 1.29 is 4.79 Å². The molecule has 0 spiro atoms. The van der Waals surface area contributed by atoms with Crippen LogP contribution in [0.25, 0.3) is 10.6 Å². The molecule has 0 aliphatic heterocycles. The molecule has 1 amide bonds. The van der Waals surface area contributed by atoms with Gasteiger partial charge in [0, 0.05) is 21.6 Å². The Morgan fingerprint density at radius 3 is 2.83 bits per heavy atom. The highest BCUT2D eigenvalue weighted by Crippen LogP contribution is 2.27. The van der Waals surface area contributed by atoms with Crippen molar-refractivity contribution in [1.82, 2.24) is 9.97 Å². The summed E-state index contributed by atoms with van der Waals surface area (Å²) in [5.41, 5.74) is 3.39. The second kappa shape index (κ2) is 6.70. The van der Waals surface area contributed by atoms with E-state index >= 15 is 0 Å². The molecular formula is C17H14BrN3O2S. The lowest BCUT2D eigenvalue weighted by atomic mass is 10.1. The highest BCUT2D eigenvalue weighted by Gasteiger charge is 2.14. The SMILES string of the molecule is Cc1ccc(-c2nc(C(=O)Nc3cc(Br)c[nH]c3=O)cs2)c(C)c1. The zero-order valence-electron chi connectivity index (χ0n) is 13.0. The first-order valence-corrected chi connectivity index (χ1v) is 8.84. The summed E-state index contributed by atoms with van der Waals surface area (Å²) < 4.78 is 0.673. The summed E-state index contributed by atoms with van der Waals surface area (Å²) >= 11 is 4.66. The Labute approximate surface area is 150 Å². The molecule has 0 aliphatic carbocycles.